The number of azo groups is 2. The van der Waals surface area contributed by atoms with Crippen LogP contribution in [-0.4, -0.2) is 40.3 Å². The fraction of sp³-hybridized carbons (Fsp3) is 0.0800. The predicted molar refractivity (Wildman–Crippen MR) is 264 cm³/mol. The molecule has 0 aliphatic heterocycles. The summed E-state index contributed by atoms with van der Waals surface area (Å²) in [5, 5.41) is 27.9. The molecule has 0 heterocycles. The first-order valence-electron chi connectivity index (χ1n) is 19.8. The summed E-state index contributed by atoms with van der Waals surface area (Å²) in [5.74, 6) is 0.598. The number of benzene rings is 8. The van der Waals surface area contributed by atoms with Gasteiger partial charge in [0.15, 0.2) is 23.0 Å². The van der Waals surface area contributed by atoms with Crippen molar-refractivity contribution in [3.8, 4) is 23.0 Å². The summed E-state index contributed by atoms with van der Waals surface area (Å²) in [4.78, 5) is 26.3. The van der Waals surface area contributed by atoms with E-state index in [2.05, 4.69) is 31.1 Å². The van der Waals surface area contributed by atoms with Gasteiger partial charge in [0.2, 0.25) is 0 Å². The lowest BCUT2D eigenvalue weighted by atomic mass is 10.0. The number of para-hydroxylation sites is 2. The maximum atomic E-state index is 13.1. The van der Waals surface area contributed by atoms with Crippen LogP contribution in [0.3, 0.4) is 0 Å². The number of fused-ring (bicyclic) bond motifs is 2. The summed E-state index contributed by atoms with van der Waals surface area (Å²) in [5.41, 5.74) is 3.47. The van der Waals surface area contributed by atoms with Crippen molar-refractivity contribution in [3.05, 3.63) is 177 Å². The van der Waals surface area contributed by atoms with Crippen LogP contribution in [0, 0.1) is 0 Å². The molecule has 0 aliphatic rings. The maximum Gasteiger partial charge on any atom is 0.259 e. The van der Waals surface area contributed by atoms with Gasteiger partial charge in [0.25, 0.3) is 11.8 Å². The number of amides is 2. The monoisotopic (exact) mass is 958 g/mol. The Bertz CT molecular complexity index is 2930. The van der Waals surface area contributed by atoms with Gasteiger partial charge in [0.1, 0.15) is 22.7 Å². The molecule has 0 spiro atoms. The highest BCUT2D eigenvalue weighted by Crippen LogP contribution is 2.45. The second kappa shape index (κ2) is 21.6. The lowest BCUT2D eigenvalue weighted by molar-refractivity contribution is 0.101. The predicted octanol–water partition coefficient (Wildman–Crippen LogP) is 15.7. The topological polar surface area (TPSA) is 145 Å². The number of carbonyl (C=O) groups is 2. The van der Waals surface area contributed by atoms with Crippen molar-refractivity contribution in [1.82, 2.24) is 0 Å². The highest BCUT2D eigenvalue weighted by molar-refractivity contribution is 6.36. The Morgan fingerprint density at radius 1 is 0.424 bits per heavy atom. The molecule has 0 atom stereocenters. The summed E-state index contributed by atoms with van der Waals surface area (Å²) < 4.78 is 22.0. The second-order valence-corrected chi connectivity index (χ2v) is 15.7. The van der Waals surface area contributed by atoms with E-state index in [0.29, 0.717) is 76.8 Å². The number of methoxy groups -OCH3 is 4. The van der Waals surface area contributed by atoms with Crippen molar-refractivity contribution in [2.45, 2.75) is 0 Å². The van der Waals surface area contributed by atoms with Crippen molar-refractivity contribution in [1.29, 1.82) is 0 Å². The van der Waals surface area contributed by atoms with Crippen molar-refractivity contribution in [3.63, 3.8) is 0 Å². The zero-order chi connectivity index (χ0) is 46.7. The Morgan fingerprint density at radius 3 is 1.14 bits per heavy atom. The van der Waals surface area contributed by atoms with Gasteiger partial charge >= 0.3 is 0 Å². The van der Waals surface area contributed by atoms with Gasteiger partial charge in [0, 0.05) is 32.2 Å². The number of carbonyl (C=O) groups excluding carboxylic acids is 2. The van der Waals surface area contributed by atoms with Crippen LogP contribution in [0.15, 0.2) is 166 Å². The van der Waals surface area contributed by atoms with E-state index in [1.807, 2.05) is 84.9 Å². The van der Waals surface area contributed by atoms with Crippen LogP contribution in [0.2, 0.25) is 20.1 Å². The Balaban J connectivity index is 0.000000196. The molecule has 332 valence electrons. The summed E-state index contributed by atoms with van der Waals surface area (Å²) >= 11 is 24.7. The number of anilines is 2. The minimum absolute atomic E-state index is 0.290. The van der Waals surface area contributed by atoms with Gasteiger partial charge < -0.3 is 29.6 Å². The number of nitrogens with zero attached hydrogens (tertiary/aromatic N) is 4. The van der Waals surface area contributed by atoms with Gasteiger partial charge in [0.05, 0.1) is 49.6 Å². The summed E-state index contributed by atoms with van der Waals surface area (Å²) in [7, 11) is 5.94. The molecule has 12 nitrogen and oxygen atoms in total. The van der Waals surface area contributed by atoms with Crippen LogP contribution >= 0.6 is 46.4 Å². The van der Waals surface area contributed by atoms with Crippen LogP contribution in [0.25, 0.3) is 21.5 Å². The lowest BCUT2D eigenvalue weighted by Crippen LogP contribution is -2.13. The standard InChI is InChI=1S/2C25H19Cl2N3O3/c2*1-32-23-19(25(31)28-17-9-4-3-5-10-17)12-15-8-6-7-11-18(15)22(23)30-29-21-14-16(26)13-20(27)24(21)33-2/h2*3-14H,1-2H3,(H,28,31). The Hall–Kier alpha value is -7.22. The molecule has 2 N–H and O–H groups in total. The SMILES string of the molecule is COc1c(Cl)cc(Cl)cc1N=Nc1c(OC)c(C(=O)Nc2ccccc2)cc2ccccc12.COc1c(Cl)cc(Cl)cc1N=Nc1c(OC)c(C(=O)Nc2ccccc2)cc2ccccc12. The van der Waals surface area contributed by atoms with Crippen LogP contribution < -0.4 is 29.6 Å². The van der Waals surface area contributed by atoms with Crippen molar-refractivity contribution >= 4 is 114 Å². The van der Waals surface area contributed by atoms with Gasteiger partial charge in [-0.15, -0.1) is 20.5 Å². The Morgan fingerprint density at radius 2 is 0.773 bits per heavy atom. The lowest BCUT2D eigenvalue weighted by Gasteiger charge is -2.14. The molecule has 2 amide bonds. The fourth-order valence-electron chi connectivity index (χ4n) is 6.86. The van der Waals surface area contributed by atoms with Crippen molar-refractivity contribution in [2.75, 3.05) is 39.1 Å². The minimum Gasteiger partial charge on any atom is -0.494 e. The average molecular weight is 961 g/mol. The summed E-state index contributed by atoms with van der Waals surface area (Å²) in [6.07, 6.45) is 0. The van der Waals surface area contributed by atoms with E-state index in [4.69, 9.17) is 65.4 Å². The molecule has 0 saturated carbocycles. The van der Waals surface area contributed by atoms with Gasteiger partial charge in [-0.05, 0) is 71.4 Å². The van der Waals surface area contributed by atoms with Crippen LogP contribution in [-0.2, 0) is 0 Å². The van der Waals surface area contributed by atoms with Gasteiger partial charge in [-0.3, -0.25) is 9.59 Å². The zero-order valence-corrected chi connectivity index (χ0v) is 38.6. The van der Waals surface area contributed by atoms with E-state index >= 15 is 0 Å². The normalized spacial score (nSPS) is 11.0. The van der Waals surface area contributed by atoms with Gasteiger partial charge in [-0.2, -0.15) is 0 Å². The highest BCUT2D eigenvalue weighted by Gasteiger charge is 2.22. The summed E-state index contributed by atoms with van der Waals surface area (Å²) in [6, 6.07) is 43.3. The largest absolute Gasteiger partial charge is 0.494 e. The van der Waals surface area contributed by atoms with Crippen LogP contribution in [0.5, 0.6) is 23.0 Å². The molecule has 0 radical (unpaired) electrons. The molecule has 0 bridgehead atoms. The fourth-order valence-corrected chi connectivity index (χ4v) is 7.98. The first kappa shape index (κ1) is 46.8. The molecule has 16 heteroatoms. The average Bonchev–Trinajstić information content (AvgIpc) is 3.32. The van der Waals surface area contributed by atoms with Gasteiger partial charge in [-0.25, -0.2) is 0 Å². The molecule has 66 heavy (non-hydrogen) atoms. The number of nitrogens with one attached hydrogen (secondary N) is 2. The number of ether oxygens (including phenoxy) is 4. The number of hydrogen-bond donors (Lipinski definition) is 2. The maximum absolute atomic E-state index is 13.1. The van der Waals surface area contributed by atoms with E-state index < -0.39 is 0 Å². The molecule has 0 saturated heterocycles. The van der Waals surface area contributed by atoms with Crippen LogP contribution in [0.4, 0.5) is 34.1 Å². The van der Waals surface area contributed by atoms with E-state index in [1.165, 1.54) is 28.4 Å². The van der Waals surface area contributed by atoms with Crippen LogP contribution in [0.1, 0.15) is 20.7 Å². The van der Waals surface area contributed by atoms with E-state index in [9.17, 15) is 9.59 Å². The molecule has 8 aromatic rings. The highest BCUT2D eigenvalue weighted by atomic mass is 35.5. The van der Waals surface area contributed by atoms with E-state index in [0.717, 1.165) is 21.5 Å². The Kier molecular flexibility index (Phi) is 15.3. The van der Waals surface area contributed by atoms with Crippen molar-refractivity contribution in [2.24, 2.45) is 20.5 Å². The third-order valence-corrected chi connectivity index (χ3v) is 10.8. The molecule has 8 rings (SSSR count). The molecular formula is C50H38Cl4N6O6. The number of halogens is 4. The number of hydrogen-bond acceptors (Lipinski definition) is 10. The first-order valence-corrected chi connectivity index (χ1v) is 21.4. The molecule has 0 aliphatic carbocycles. The third-order valence-electron chi connectivity index (χ3n) is 9.81. The number of rotatable bonds is 12. The molecule has 8 aromatic carbocycles. The second-order valence-electron chi connectivity index (χ2n) is 14.0. The Labute approximate surface area is 399 Å². The molecule has 0 fully saturated rings. The quantitative estimate of drug-likeness (QED) is 0.117. The third kappa shape index (κ3) is 10.7. The van der Waals surface area contributed by atoms with Crippen molar-refractivity contribution < 1.29 is 28.5 Å². The van der Waals surface area contributed by atoms with E-state index in [-0.39, 0.29) is 23.3 Å². The van der Waals surface area contributed by atoms with E-state index in [1.54, 1.807) is 60.7 Å². The molecule has 0 aromatic heterocycles. The van der Waals surface area contributed by atoms with Gasteiger partial charge in [-0.1, -0.05) is 131 Å². The zero-order valence-electron chi connectivity index (χ0n) is 35.6. The first-order chi connectivity index (χ1) is 32.0. The smallest absolute Gasteiger partial charge is 0.259 e. The molecular weight excluding hydrogens is 922 g/mol. The molecule has 0 unspecified atom stereocenters. The minimum atomic E-state index is -0.330. The summed E-state index contributed by atoms with van der Waals surface area (Å²) in [6.45, 7) is 0.